The van der Waals surface area contributed by atoms with Crippen molar-refractivity contribution in [3.8, 4) is 11.3 Å². The lowest BCUT2D eigenvalue weighted by Gasteiger charge is -2.33. The Morgan fingerprint density at radius 1 is 1.19 bits per heavy atom. The molecule has 2 aromatic heterocycles. The number of alkyl halides is 3. The number of hydrogen-bond donors (Lipinski definition) is 0. The molecule has 0 N–H and O–H groups in total. The third-order valence-electron chi connectivity index (χ3n) is 4.49. The lowest BCUT2D eigenvalue weighted by Crippen LogP contribution is -2.42. The number of benzene rings is 1. The molecule has 0 bridgehead atoms. The Kier molecular flexibility index (Phi) is 3.97. The molecule has 27 heavy (non-hydrogen) atoms. The first-order valence-corrected chi connectivity index (χ1v) is 8.19. The highest BCUT2D eigenvalue weighted by molar-refractivity contribution is 5.93. The van der Waals surface area contributed by atoms with Gasteiger partial charge in [-0.15, -0.1) is 10.2 Å². The molecule has 3 heterocycles. The first kappa shape index (κ1) is 17.3. The third kappa shape index (κ3) is 2.96. The average Bonchev–Trinajstić information content (AvgIpc) is 3.29. The highest BCUT2D eigenvalue weighted by atomic mass is 19.4. The molecule has 0 radical (unpaired) electrons. The minimum Gasteiger partial charge on any atom is -0.355 e. The molecule has 0 saturated carbocycles. The Bertz CT molecular complexity index is 980. The van der Waals surface area contributed by atoms with Crippen LogP contribution in [0.15, 0.2) is 40.9 Å². The van der Waals surface area contributed by atoms with Crippen LogP contribution >= 0.6 is 0 Å². The molecule has 10 heteroatoms. The van der Waals surface area contributed by atoms with Gasteiger partial charge in [0.2, 0.25) is 5.82 Å². The maximum absolute atomic E-state index is 13.0. The minimum absolute atomic E-state index is 0.0450. The third-order valence-corrected chi connectivity index (χ3v) is 4.49. The lowest BCUT2D eigenvalue weighted by molar-refractivity contribution is -0.148. The SMILES string of the molecule is CC1c2nnc(C(F)(F)F)n2CCN1C(=O)c1cc(-c2ccccc2)on1. The quantitative estimate of drug-likeness (QED) is 0.686. The van der Waals surface area contributed by atoms with Crippen molar-refractivity contribution >= 4 is 5.91 Å². The molecule has 1 aliphatic rings. The summed E-state index contributed by atoms with van der Waals surface area (Å²) < 4.78 is 45.2. The molecule has 0 spiro atoms. The average molecular weight is 377 g/mol. The summed E-state index contributed by atoms with van der Waals surface area (Å²) in [6.07, 6.45) is -4.59. The zero-order chi connectivity index (χ0) is 19.2. The highest BCUT2D eigenvalue weighted by Gasteiger charge is 2.42. The molecule has 0 aliphatic carbocycles. The van der Waals surface area contributed by atoms with Crippen LogP contribution in [-0.2, 0) is 12.7 Å². The van der Waals surface area contributed by atoms with Crippen LogP contribution in [0.1, 0.15) is 35.1 Å². The number of rotatable bonds is 2. The first-order chi connectivity index (χ1) is 12.9. The van der Waals surface area contributed by atoms with Crippen LogP contribution in [0.25, 0.3) is 11.3 Å². The number of aromatic nitrogens is 4. The zero-order valence-electron chi connectivity index (χ0n) is 14.1. The monoisotopic (exact) mass is 377 g/mol. The molecule has 1 aliphatic heterocycles. The summed E-state index contributed by atoms with van der Waals surface area (Å²) in [4.78, 5) is 14.2. The highest BCUT2D eigenvalue weighted by Crippen LogP contribution is 2.33. The van der Waals surface area contributed by atoms with Crippen molar-refractivity contribution in [2.45, 2.75) is 25.7 Å². The van der Waals surface area contributed by atoms with Gasteiger partial charge in [-0.25, -0.2) is 0 Å². The molecule has 1 unspecified atom stereocenters. The van der Waals surface area contributed by atoms with Crippen LogP contribution < -0.4 is 0 Å². The maximum Gasteiger partial charge on any atom is 0.451 e. The van der Waals surface area contributed by atoms with E-state index in [4.69, 9.17) is 4.52 Å². The minimum atomic E-state index is -4.59. The van der Waals surface area contributed by atoms with Gasteiger partial charge in [0, 0.05) is 24.7 Å². The molecule has 4 rings (SSSR count). The maximum atomic E-state index is 13.0. The molecule has 0 saturated heterocycles. The molecule has 0 fully saturated rings. The van der Waals surface area contributed by atoms with Gasteiger partial charge in [0.1, 0.15) is 0 Å². The van der Waals surface area contributed by atoms with E-state index in [0.29, 0.717) is 5.76 Å². The number of hydrogen-bond acceptors (Lipinski definition) is 5. The van der Waals surface area contributed by atoms with Gasteiger partial charge in [0.05, 0.1) is 6.04 Å². The second-order valence-corrected chi connectivity index (χ2v) is 6.15. The van der Waals surface area contributed by atoms with Crippen molar-refractivity contribution in [1.82, 2.24) is 24.8 Å². The van der Waals surface area contributed by atoms with Crippen molar-refractivity contribution in [3.63, 3.8) is 0 Å². The number of amides is 1. The number of carbonyl (C=O) groups excluding carboxylic acids is 1. The lowest BCUT2D eigenvalue weighted by atomic mass is 10.1. The molecule has 3 aromatic rings. The van der Waals surface area contributed by atoms with Gasteiger partial charge in [-0.3, -0.25) is 4.79 Å². The summed E-state index contributed by atoms with van der Waals surface area (Å²) in [5.74, 6) is -0.958. The topological polar surface area (TPSA) is 77.0 Å². The Morgan fingerprint density at radius 2 is 1.93 bits per heavy atom. The van der Waals surface area contributed by atoms with Crippen LogP contribution in [-0.4, -0.2) is 37.3 Å². The molecule has 1 aromatic carbocycles. The summed E-state index contributed by atoms with van der Waals surface area (Å²) in [6, 6.07) is 10.00. The van der Waals surface area contributed by atoms with Crippen LogP contribution in [0.4, 0.5) is 13.2 Å². The van der Waals surface area contributed by atoms with Crippen molar-refractivity contribution in [2.75, 3.05) is 6.54 Å². The van der Waals surface area contributed by atoms with Gasteiger partial charge in [-0.05, 0) is 6.92 Å². The number of fused-ring (bicyclic) bond motifs is 1. The van der Waals surface area contributed by atoms with Crippen LogP contribution in [0.2, 0.25) is 0 Å². The van der Waals surface area contributed by atoms with Crippen molar-refractivity contribution in [2.24, 2.45) is 0 Å². The van der Waals surface area contributed by atoms with E-state index in [-0.39, 0.29) is 24.6 Å². The van der Waals surface area contributed by atoms with E-state index >= 15 is 0 Å². The smallest absolute Gasteiger partial charge is 0.355 e. The van der Waals surface area contributed by atoms with Crippen LogP contribution in [0.5, 0.6) is 0 Å². The molecular formula is C17H14F3N5O2. The summed E-state index contributed by atoms with van der Waals surface area (Å²) >= 11 is 0. The van der Waals surface area contributed by atoms with E-state index in [2.05, 4.69) is 15.4 Å². The molecule has 7 nitrogen and oxygen atoms in total. The van der Waals surface area contributed by atoms with E-state index in [1.54, 1.807) is 6.92 Å². The van der Waals surface area contributed by atoms with Gasteiger partial charge < -0.3 is 14.0 Å². The molecular weight excluding hydrogens is 363 g/mol. The second kappa shape index (κ2) is 6.22. The standard InChI is InChI=1S/C17H14F3N5O2/c1-10-14-21-22-16(17(18,19)20)25(14)8-7-24(10)15(26)12-9-13(27-23-12)11-5-3-2-4-6-11/h2-6,9-10H,7-8H2,1H3. The molecule has 1 amide bonds. The Labute approximate surface area is 151 Å². The molecule has 140 valence electrons. The van der Waals surface area contributed by atoms with Gasteiger partial charge in [0.25, 0.3) is 5.91 Å². The predicted octanol–water partition coefficient (Wildman–Crippen LogP) is 3.17. The van der Waals surface area contributed by atoms with E-state index < -0.39 is 23.9 Å². The van der Waals surface area contributed by atoms with E-state index in [9.17, 15) is 18.0 Å². The van der Waals surface area contributed by atoms with Crippen molar-refractivity contribution in [1.29, 1.82) is 0 Å². The van der Waals surface area contributed by atoms with Gasteiger partial charge in [-0.2, -0.15) is 13.2 Å². The Balaban J connectivity index is 1.59. The number of carbonyl (C=O) groups is 1. The fourth-order valence-electron chi connectivity index (χ4n) is 3.13. The van der Waals surface area contributed by atoms with E-state index in [1.807, 2.05) is 30.3 Å². The Morgan fingerprint density at radius 3 is 2.63 bits per heavy atom. The van der Waals surface area contributed by atoms with Gasteiger partial charge in [0.15, 0.2) is 17.3 Å². The fourth-order valence-corrected chi connectivity index (χ4v) is 3.13. The fraction of sp³-hybridized carbons (Fsp3) is 0.294. The predicted molar refractivity (Wildman–Crippen MR) is 86.4 cm³/mol. The first-order valence-electron chi connectivity index (χ1n) is 8.19. The number of nitrogens with zero attached hydrogens (tertiary/aromatic N) is 5. The number of halogens is 3. The largest absolute Gasteiger partial charge is 0.451 e. The zero-order valence-corrected chi connectivity index (χ0v) is 14.1. The second-order valence-electron chi connectivity index (χ2n) is 6.15. The summed E-state index contributed by atoms with van der Waals surface area (Å²) in [7, 11) is 0. The van der Waals surface area contributed by atoms with Crippen molar-refractivity contribution < 1.29 is 22.5 Å². The van der Waals surface area contributed by atoms with E-state index in [0.717, 1.165) is 10.1 Å². The van der Waals surface area contributed by atoms with Crippen molar-refractivity contribution in [3.05, 3.63) is 53.7 Å². The normalized spacial score (nSPS) is 17.0. The summed E-state index contributed by atoms with van der Waals surface area (Å²) in [6.45, 7) is 1.65. The van der Waals surface area contributed by atoms with E-state index in [1.165, 1.54) is 11.0 Å². The Hall–Kier alpha value is -3.17. The summed E-state index contributed by atoms with van der Waals surface area (Å²) in [5, 5.41) is 10.7. The summed E-state index contributed by atoms with van der Waals surface area (Å²) in [5.41, 5.74) is 0.856. The van der Waals surface area contributed by atoms with Gasteiger partial charge in [-0.1, -0.05) is 35.5 Å². The van der Waals surface area contributed by atoms with Gasteiger partial charge >= 0.3 is 6.18 Å². The molecule has 1 atom stereocenters. The van der Waals surface area contributed by atoms with Crippen LogP contribution in [0.3, 0.4) is 0 Å². The van der Waals surface area contributed by atoms with Crippen LogP contribution in [0, 0.1) is 0 Å².